The van der Waals surface area contributed by atoms with Gasteiger partial charge in [-0.15, -0.1) is 0 Å². The first-order valence-corrected chi connectivity index (χ1v) is 6.96. The van der Waals surface area contributed by atoms with Gasteiger partial charge in [-0.05, 0) is 18.6 Å². The molecule has 0 aliphatic rings. The zero-order valence-corrected chi connectivity index (χ0v) is 11.8. The van der Waals surface area contributed by atoms with Gasteiger partial charge in [0.2, 0.25) is 5.91 Å². The van der Waals surface area contributed by atoms with Gasteiger partial charge in [-0.2, -0.15) is 0 Å². The summed E-state index contributed by atoms with van der Waals surface area (Å²) in [6, 6.07) is 3.70. The average molecular weight is 280 g/mol. The molecule has 1 amide bonds. The lowest BCUT2D eigenvalue weighted by molar-refractivity contribution is -0.121. The molecule has 102 valence electrons. The van der Waals surface area contributed by atoms with E-state index in [4.69, 9.17) is 11.6 Å². The van der Waals surface area contributed by atoms with Crippen LogP contribution in [0.1, 0.15) is 31.9 Å². The number of halogens is 1. The van der Waals surface area contributed by atoms with E-state index in [2.05, 4.69) is 17.2 Å². The Hall–Kier alpha value is -1.55. The molecule has 0 saturated heterocycles. The quantitative estimate of drug-likeness (QED) is 0.884. The fourth-order valence-corrected chi connectivity index (χ4v) is 2.06. The Kier molecular flexibility index (Phi) is 4.80. The molecule has 0 saturated carbocycles. The number of fused-ring (bicyclic) bond motifs is 1. The minimum atomic E-state index is 0.119. The fourth-order valence-electron chi connectivity index (χ4n) is 1.89. The van der Waals surface area contributed by atoms with Crippen LogP contribution in [0.3, 0.4) is 0 Å². The summed E-state index contributed by atoms with van der Waals surface area (Å²) in [6.07, 6.45) is 7.10. The van der Waals surface area contributed by atoms with E-state index in [0.717, 1.165) is 30.6 Å². The van der Waals surface area contributed by atoms with Crippen LogP contribution in [0, 0.1) is 0 Å². The van der Waals surface area contributed by atoms with Gasteiger partial charge in [-0.25, -0.2) is 4.98 Å². The van der Waals surface area contributed by atoms with Gasteiger partial charge in [-0.1, -0.05) is 24.9 Å². The summed E-state index contributed by atoms with van der Waals surface area (Å²) >= 11 is 5.92. The third-order valence-electron chi connectivity index (χ3n) is 2.93. The molecule has 0 aliphatic heterocycles. The van der Waals surface area contributed by atoms with E-state index in [9.17, 15) is 4.79 Å². The van der Waals surface area contributed by atoms with Crippen LogP contribution >= 0.6 is 11.6 Å². The lowest BCUT2D eigenvalue weighted by Gasteiger charge is -2.02. The Labute approximate surface area is 117 Å². The van der Waals surface area contributed by atoms with Crippen LogP contribution in [0.25, 0.3) is 5.65 Å². The first-order chi connectivity index (χ1) is 9.19. The fraction of sp³-hybridized carbons (Fsp3) is 0.429. The zero-order chi connectivity index (χ0) is 13.7. The van der Waals surface area contributed by atoms with E-state index in [1.165, 1.54) is 0 Å². The van der Waals surface area contributed by atoms with Gasteiger partial charge in [0.05, 0.1) is 10.7 Å². The summed E-state index contributed by atoms with van der Waals surface area (Å²) in [4.78, 5) is 15.9. The van der Waals surface area contributed by atoms with Crippen molar-refractivity contribution in [3.8, 4) is 0 Å². The molecule has 1 N–H and O–H groups in total. The summed E-state index contributed by atoms with van der Waals surface area (Å²) in [5.41, 5.74) is 1.83. The van der Waals surface area contributed by atoms with E-state index >= 15 is 0 Å². The molecule has 0 radical (unpaired) electrons. The molecule has 0 spiro atoms. The molecule has 2 rings (SSSR count). The number of nitrogens with zero attached hydrogens (tertiary/aromatic N) is 2. The van der Waals surface area contributed by atoms with Crippen LogP contribution in [0.15, 0.2) is 24.5 Å². The number of carbonyl (C=O) groups is 1. The normalized spacial score (nSPS) is 10.8. The molecule has 0 atom stereocenters. The number of aromatic nitrogens is 2. The maximum atomic E-state index is 11.5. The van der Waals surface area contributed by atoms with Gasteiger partial charge in [-0.3, -0.25) is 4.79 Å². The number of imidazole rings is 1. The highest BCUT2D eigenvalue weighted by Gasteiger charge is 2.03. The largest absolute Gasteiger partial charge is 0.356 e. The molecule has 2 aromatic rings. The van der Waals surface area contributed by atoms with Crippen LogP contribution in [-0.2, 0) is 11.2 Å². The number of amides is 1. The molecule has 0 aliphatic carbocycles. The Balaban J connectivity index is 1.86. The van der Waals surface area contributed by atoms with Gasteiger partial charge in [0.15, 0.2) is 0 Å². The lowest BCUT2D eigenvalue weighted by Crippen LogP contribution is -2.25. The Morgan fingerprint density at radius 1 is 1.42 bits per heavy atom. The number of carbonyl (C=O) groups excluding carboxylic acids is 1. The summed E-state index contributed by atoms with van der Waals surface area (Å²) in [5.74, 6) is 0.119. The standard InChI is InChI=1S/C14H18ClN3O/c1-2-3-4-14(19)16-8-7-12-10-18-9-11(15)5-6-13(18)17-12/h5-6,9-10H,2-4,7-8H2,1H3,(H,16,19). The predicted molar refractivity (Wildman–Crippen MR) is 76.4 cm³/mol. The van der Waals surface area contributed by atoms with Gasteiger partial charge >= 0.3 is 0 Å². The molecule has 19 heavy (non-hydrogen) atoms. The second-order valence-corrected chi connectivity index (χ2v) is 4.98. The van der Waals surface area contributed by atoms with Crippen molar-refractivity contribution < 1.29 is 4.79 Å². The topological polar surface area (TPSA) is 46.4 Å². The van der Waals surface area contributed by atoms with Crippen molar-refractivity contribution in [1.29, 1.82) is 0 Å². The number of rotatable bonds is 6. The van der Waals surface area contributed by atoms with E-state index in [1.54, 1.807) is 0 Å². The molecule has 2 aromatic heterocycles. The third kappa shape index (κ3) is 3.96. The van der Waals surface area contributed by atoms with Crippen molar-refractivity contribution in [2.24, 2.45) is 0 Å². The molecule has 2 heterocycles. The second kappa shape index (κ2) is 6.57. The van der Waals surface area contributed by atoms with Crippen LogP contribution in [0.5, 0.6) is 0 Å². The van der Waals surface area contributed by atoms with E-state index in [1.807, 2.05) is 28.9 Å². The van der Waals surface area contributed by atoms with E-state index < -0.39 is 0 Å². The minimum Gasteiger partial charge on any atom is -0.356 e. The lowest BCUT2D eigenvalue weighted by atomic mass is 10.2. The highest BCUT2D eigenvalue weighted by Crippen LogP contribution is 2.11. The monoisotopic (exact) mass is 279 g/mol. The maximum absolute atomic E-state index is 11.5. The molecule has 5 heteroatoms. The van der Waals surface area contributed by atoms with Crippen LogP contribution in [0.2, 0.25) is 5.02 Å². The van der Waals surface area contributed by atoms with Crippen molar-refractivity contribution in [3.63, 3.8) is 0 Å². The highest BCUT2D eigenvalue weighted by atomic mass is 35.5. The van der Waals surface area contributed by atoms with E-state index in [-0.39, 0.29) is 5.91 Å². The third-order valence-corrected chi connectivity index (χ3v) is 3.15. The maximum Gasteiger partial charge on any atom is 0.220 e. The number of pyridine rings is 1. The number of nitrogens with one attached hydrogen (secondary N) is 1. The Morgan fingerprint density at radius 3 is 3.05 bits per heavy atom. The van der Waals surface area contributed by atoms with E-state index in [0.29, 0.717) is 18.0 Å². The Bertz CT molecular complexity index is 565. The molecule has 0 unspecified atom stereocenters. The summed E-state index contributed by atoms with van der Waals surface area (Å²) in [6.45, 7) is 2.70. The van der Waals surface area contributed by atoms with Crippen molar-refractivity contribution in [1.82, 2.24) is 14.7 Å². The SMILES string of the molecule is CCCCC(=O)NCCc1cn2cc(Cl)ccc2n1. The van der Waals surface area contributed by atoms with Crippen LogP contribution in [0.4, 0.5) is 0 Å². The van der Waals surface area contributed by atoms with Crippen molar-refractivity contribution in [2.75, 3.05) is 6.54 Å². The van der Waals surface area contributed by atoms with Gasteiger partial charge in [0, 0.05) is 31.8 Å². The zero-order valence-electron chi connectivity index (χ0n) is 11.0. The minimum absolute atomic E-state index is 0.119. The average Bonchev–Trinajstić information content (AvgIpc) is 2.78. The van der Waals surface area contributed by atoms with Crippen molar-refractivity contribution in [3.05, 3.63) is 35.2 Å². The molecule has 0 aromatic carbocycles. The first kappa shape index (κ1) is 13.9. The van der Waals surface area contributed by atoms with Crippen LogP contribution in [-0.4, -0.2) is 21.8 Å². The Morgan fingerprint density at radius 2 is 2.26 bits per heavy atom. The summed E-state index contributed by atoms with van der Waals surface area (Å²) in [5, 5.41) is 3.59. The summed E-state index contributed by atoms with van der Waals surface area (Å²) < 4.78 is 1.90. The number of hydrogen-bond donors (Lipinski definition) is 1. The smallest absolute Gasteiger partial charge is 0.220 e. The molecular weight excluding hydrogens is 262 g/mol. The predicted octanol–water partition coefficient (Wildman–Crippen LogP) is 2.84. The second-order valence-electron chi connectivity index (χ2n) is 4.55. The summed E-state index contributed by atoms with van der Waals surface area (Å²) in [7, 11) is 0. The van der Waals surface area contributed by atoms with Crippen LogP contribution < -0.4 is 5.32 Å². The first-order valence-electron chi connectivity index (χ1n) is 6.59. The van der Waals surface area contributed by atoms with Gasteiger partial charge in [0.1, 0.15) is 5.65 Å². The number of unbranched alkanes of at least 4 members (excludes halogenated alkanes) is 1. The van der Waals surface area contributed by atoms with Gasteiger partial charge in [0.25, 0.3) is 0 Å². The number of hydrogen-bond acceptors (Lipinski definition) is 2. The molecule has 4 nitrogen and oxygen atoms in total. The van der Waals surface area contributed by atoms with Gasteiger partial charge < -0.3 is 9.72 Å². The molecule has 0 bridgehead atoms. The van der Waals surface area contributed by atoms with Crippen molar-refractivity contribution in [2.45, 2.75) is 32.6 Å². The highest BCUT2D eigenvalue weighted by molar-refractivity contribution is 6.30. The molecule has 0 fully saturated rings. The van der Waals surface area contributed by atoms with Crippen molar-refractivity contribution >= 4 is 23.2 Å². The molecular formula is C14H18ClN3O.